The Morgan fingerprint density at radius 2 is 2.33 bits per heavy atom. The number of nitrogens with zero attached hydrogens (tertiary/aromatic N) is 3. The van der Waals surface area contributed by atoms with Gasteiger partial charge in [0, 0.05) is 12.1 Å². The van der Waals surface area contributed by atoms with Crippen LogP contribution in [0, 0.1) is 0 Å². The summed E-state index contributed by atoms with van der Waals surface area (Å²) in [6.45, 7) is 0.798. The van der Waals surface area contributed by atoms with E-state index in [1.54, 1.807) is 0 Å². The average molecular weight is 228 g/mol. The fraction of sp³-hybridized carbons (Fsp3) is 0.444. The Morgan fingerprint density at radius 1 is 1.53 bits per heavy atom. The van der Waals surface area contributed by atoms with Crippen LogP contribution in [0.25, 0.3) is 0 Å². The van der Waals surface area contributed by atoms with Gasteiger partial charge in [0.1, 0.15) is 11.5 Å². The van der Waals surface area contributed by atoms with E-state index in [9.17, 15) is 4.79 Å². The van der Waals surface area contributed by atoms with Crippen LogP contribution in [-0.2, 0) is 13.0 Å². The molecule has 0 atom stereocenters. The first kappa shape index (κ1) is 10.2. The topological polar surface area (TPSA) is 66.3 Å². The van der Waals surface area contributed by atoms with Crippen molar-refractivity contribution in [3.8, 4) is 0 Å². The molecule has 1 aromatic heterocycles. The van der Waals surface area contributed by atoms with Gasteiger partial charge >= 0.3 is 6.09 Å². The predicted molar refractivity (Wildman–Crippen MR) is 53.8 cm³/mol. The van der Waals surface area contributed by atoms with Gasteiger partial charge < -0.3 is 10.0 Å². The van der Waals surface area contributed by atoms with E-state index in [2.05, 4.69) is 9.97 Å². The fourth-order valence-electron chi connectivity index (χ4n) is 1.67. The molecule has 0 bridgehead atoms. The van der Waals surface area contributed by atoms with Crippen LogP contribution in [0.15, 0.2) is 6.33 Å². The van der Waals surface area contributed by atoms with E-state index >= 15 is 0 Å². The molecule has 2 rings (SSSR count). The minimum absolute atomic E-state index is 0.282. The summed E-state index contributed by atoms with van der Waals surface area (Å²) >= 11 is 5.91. The van der Waals surface area contributed by atoms with E-state index in [0.29, 0.717) is 11.7 Å². The lowest BCUT2D eigenvalue weighted by molar-refractivity contribution is 0.143. The standard InChI is InChI=1S/C9H10ClN3O2/c10-8-6-4-13(9(14)15)3-1-2-7(6)11-5-12-8/h5H,1-4H2,(H,14,15). The van der Waals surface area contributed by atoms with Crippen LogP contribution in [0.5, 0.6) is 0 Å². The first-order valence-electron chi connectivity index (χ1n) is 4.64. The lowest BCUT2D eigenvalue weighted by atomic mass is 10.2. The molecule has 0 unspecified atom stereocenters. The second kappa shape index (κ2) is 4.02. The Morgan fingerprint density at radius 3 is 3.07 bits per heavy atom. The summed E-state index contributed by atoms with van der Waals surface area (Å²) in [6, 6.07) is 0. The number of aromatic nitrogens is 2. The molecule has 0 aliphatic carbocycles. The maximum absolute atomic E-state index is 10.9. The smallest absolute Gasteiger partial charge is 0.407 e. The molecule has 0 fully saturated rings. The molecule has 2 heterocycles. The summed E-state index contributed by atoms with van der Waals surface area (Å²) in [7, 11) is 0. The van der Waals surface area contributed by atoms with Gasteiger partial charge in [0.05, 0.1) is 12.2 Å². The maximum Gasteiger partial charge on any atom is 0.407 e. The van der Waals surface area contributed by atoms with Crippen molar-refractivity contribution in [2.75, 3.05) is 6.54 Å². The molecular formula is C9H10ClN3O2. The minimum atomic E-state index is -0.928. The van der Waals surface area contributed by atoms with Crippen molar-refractivity contribution >= 4 is 17.7 Å². The molecule has 0 radical (unpaired) electrons. The number of hydrogen-bond donors (Lipinski definition) is 1. The van der Waals surface area contributed by atoms with E-state index in [0.717, 1.165) is 24.1 Å². The molecule has 6 heteroatoms. The molecule has 1 amide bonds. The quantitative estimate of drug-likeness (QED) is 0.683. The molecule has 0 aromatic carbocycles. The van der Waals surface area contributed by atoms with E-state index in [4.69, 9.17) is 16.7 Å². The first-order chi connectivity index (χ1) is 7.18. The van der Waals surface area contributed by atoms with Gasteiger partial charge in [0.15, 0.2) is 0 Å². The van der Waals surface area contributed by atoms with Gasteiger partial charge in [-0.05, 0) is 12.8 Å². The summed E-state index contributed by atoms with van der Waals surface area (Å²) in [5, 5.41) is 9.28. The summed E-state index contributed by atoms with van der Waals surface area (Å²) < 4.78 is 0. The monoisotopic (exact) mass is 227 g/mol. The molecule has 80 valence electrons. The van der Waals surface area contributed by atoms with Crippen LogP contribution in [-0.4, -0.2) is 32.6 Å². The Hall–Kier alpha value is -1.36. The highest BCUT2D eigenvalue weighted by Crippen LogP contribution is 2.22. The van der Waals surface area contributed by atoms with Crippen molar-refractivity contribution in [3.63, 3.8) is 0 Å². The Balaban J connectivity index is 2.35. The van der Waals surface area contributed by atoms with Crippen molar-refractivity contribution < 1.29 is 9.90 Å². The van der Waals surface area contributed by atoms with Gasteiger partial charge in [0.2, 0.25) is 0 Å². The molecular weight excluding hydrogens is 218 g/mol. The third kappa shape index (κ3) is 2.02. The van der Waals surface area contributed by atoms with Crippen LogP contribution >= 0.6 is 11.6 Å². The summed E-state index contributed by atoms with van der Waals surface area (Å²) in [5.74, 6) is 0. The average Bonchev–Trinajstić information content (AvgIpc) is 2.40. The van der Waals surface area contributed by atoms with Crippen LogP contribution in [0.3, 0.4) is 0 Å². The highest BCUT2D eigenvalue weighted by atomic mass is 35.5. The number of fused-ring (bicyclic) bond motifs is 1. The normalized spacial score (nSPS) is 15.7. The van der Waals surface area contributed by atoms with Gasteiger partial charge in [-0.2, -0.15) is 0 Å². The minimum Gasteiger partial charge on any atom is -0.465 e. The first-order valence-corrected chi connectivity index (χ1v) is 5.02. The third-order valence-electron chi connectivity index (χ3n) is 2.44. The fourth-order valence-corrected chi connectivity index (χ4v) is 1.88. The third-order valence-corrected chi connectivity index (χ3v) is 2.77. The number of halogens is 1. The van der Waals surface area contributed by atoms with Gasteiger partial charge in [-0.15, -0.1) is 0 Å². The maximum atomic E-state index is 10.9. The zero-order chi connectivity index (χ0) is 10.8. The van der Waals surface area contributed by atoms with Gasteiger partial charge in [-0.3, -0.25) is 0 Å². The molecule has 15 heavy (non-hydrogen) atoms. The van der Waals surface area contributed by atoms with Crippen LogP contribution in [0.2, 0.25) is 5.15 Å². The van der Waals surface area contributed by atoms with E-state index < -0.39 is 6.09 Å². The molecule has 0 saturated carbocycles. The number of rotatable bonds is 0. The number of amides is 1. The Bertz CT molecular complexity index is 397. The molecule has 1 aliphatic rings. The zero-order valence-corrected chi connectivity index (χ0v) is 8.74. The number of aryl methyl sites for hydroxylation is 1. The van der Waals surface area contributed by atoms with E-state index in [1.165, 1.54) is 11.2 Å². The SMILES string of the molecule is O=C(O)N1CCCc2ncnc(Cl)c2C1. The van der Waals surface area contributed by atoms with Gasteiger partial charge in [0.25, 0.3) is 0 Å². The van der Waals surface area contributed by atoms with Crippen molar-refractivity contribution in [3.05, 3.63) is 22.7 Å². The van der Waals surface area contributed by atoms with Crippen LogP contribution < -0.4 is 0 Å². The van der Waals surface area contributed by atoms with Gasteiger partial charge in [-0.1, -0.05) is 11.6 Å². The number of hydrogen-bond acceptors (Lipinski definition) is 3. The van der Waals surface area contributed by atoms with Crippen molar-refractivity contribution in [2.45, 2.75) is 19.4 Å². The Labute approximate surface area is 91.7 Å². The van der Waals surface area contributed by atoms with Crippen molar-refractivity contribution in [1.29, 1.82) is 0 Å². The summed E-state index contributed by atoms with van der Waals surface area (Å²) in [4.78, 5) is 20.2. The van der Waals surface area contributed by atoms with Crippen molar-refractivity contribution in [2.24, 2.45) is 0 Å². The summed E-state index contributed by atoms with van der Waals surface area (Å²) in [5.41, 5.74) is 1.60. The molecule has 5 nitrogen and oxygen atoms in total. The Kier molecular flexibility index (Phi) is 2.73. The molecule has 1 aliphatic heterocycles. The summed E-state index contributed by atoms with van der Waals surface area (Å²) in [6.07, 6.45) is 2.01. The zero-order valence-electron chi connectivity index (χ0n) is 7.98. The number of carboxylic acid groups (broad SMARTS) is 1. The highest BCUT2D eigenvalue weighted by molar-refractivity contribution is 6.30. The van der Waals surface area contributed by atoms with Crippen molar-refractivity contribution in [1.82, 2.24) is 14.9 Å². The second-order valence-electron chi connectivity index (χ2n) is 3.40. The number of carbonyl (C=O) groups is 1. The molecule has 0 saturated heterocycles. The van der Waals surface area contributed by atoms with Crippen LogP contribution in [0.4, 0.5) is 4.79 Å². The lowest BCUT2D eigenvalue weighted by Crippen LogP contribution is -2.29. The van der Waals surface area contributed by atoms with Crippen LogP contribution in [0.1, 0.15) is 17.7 Å². The molecule has 0 spiro atoms. The molecule has 1 aromatic rings. The van der Waals surface area contributed by atoms with E-state index in [-0.39, 0.29) is 6.54 Å². The van der Waals surface area contributed by atoms with Gasteiger partial charge in [-0.25, -0.2) is 14.8 Å². The molecule has 1 N–H and O–H groups in total. The highest BCUT2D eigenvalue weighted by Gasteiger charge is 2.21. The van der Waals surface area contributed by atoms with E-state index in [1.807, 2.05) is 0 Å². The largest absolute Gasteiger partial charge is 0.465 e. The predicted octanol–water partition coefficient (Wildman–Crippen LogP) is 1.56. The second-order valence-corrected chi connectivity index (χ2v) is 3.76. The lowest BCUT2D eigenvalue weighted by Gasteiger charge is -2.16.